The maximum atomic E-state index is 12.8. The van der Waals surface area contributed by atoms with Crippen molar-refractivity contribution < 1.29 is 4.39 Å². The van der Waals surface area contributed by atoms with Crippen LogP contribution in [0.4, 0.5) is 4.39 Å². The van der Waals surface area contributed by atoms with Crippen LogP contribution in [0.1, 0.15) is 16.0 Å². The Morgan fingerprint density at radius 2 is 1.88 bits per heavy atom. The lowest BCUT2D eigenvalue weighted by molar-refractivity contribution is 0.627. The fraction of sp³-hybridized carbons (Fsp3) is 0.167. The van der Waals surface area contributed by atoms with E-state index in [0.717, 1.165) is 17.5 Å². The van der Waals surface area contributed by atoms with Gasteiger partial charge in [-0.15, -0.1) is 11.3 Å². The molecule has 0 aliphatic carbocycles. The fourth-order valence-electron chi connectivity index (χ4n) is 1.50. The van der Waals surface area contributed by atoms with E-state index in [1.54, 1.807) is 12.1 Å². The number of hydrogen-bond acceptors (Lipinski definition) is 1. The molecule has 0 aliphatic rings. The lowest BCUT2D eigenvalue weighted by Crippen LogP contribution is -1.94. The van der Waals surface area contributed by atoms with Gasteiger partial charge < -0.3 is 0 Å². The Hall–Kier alpha value is -0.0900. The van der Waals surface area contributed by atoms with Gasteiger partial charge in [-0.2, -0.15) is 0 Å². The average Bonchev–Trinajstić information content (AvgIpc) is 2.61. The van der Waals surface area contributed by atoms with Gasteiger partial charge in [-0.1, -0.05) is 51.3 Å². The van der Waals surface area contributed by atoms with Crippen molar-refractivity contribution in [3.63, 3.8) is 0 Å². The molecule has 0 amide bonds. The smallest absolute Gasteiger partial charge is 0.123 e. The van der Waals surface area contributed by atoms with Crippen LogP contribution in [0.25, 0.3) is 0 Å². The van der Waals surface area contributed by atoms with Crippen LogP contribution in [0.15, 0.2) is 30.3 Å². The van der Waals surface area contributed by atoms with Gasteiger partial charge in [0.15, 0.2) is 0 Å². The summed E-state index contributed by atoms with van der Waals surface area (Å²) in [6.07, 6.45) is 0.743. The van der Waals surface area contributed by atoms with Crippen molar-refractivity contribution >= 4 is 50.5 Å². The zero-order valence-electron chi connectivity index (χ0n) is 8.59. The van der Waals surface area contributed by atoms with Crippen molar-refractivity contribution in [3.8, 4) is 0 Å². The molecule has 0 bridgehead atoms. The minimum Gasteiger partial charge on any atom is -0.207 e. The van der Waals surface area contributed by atoms with Gasteiger partial charge in [-0.25, -0.2) is 4.39 Å². The van der Waals surface area contributed by atoms with E-state index in [0.29, 0.717) is 8.67 Å². The van der Waals surface area contributed by atoms with Gasteiger partial charge in [0.1, 0.15) is 5.82 Å². The normalized spacial score (nSPS) is 12.7. The third kappa shape index (κ3) is 3.44. The van der Waals surface area contributed by atoms with Crippen molar-refractivity contribution in [1.29, 1.82) is 0 Å². The van der Waals surface area contributed by atoms with Crippen LogP contribution in [-0.4, -0.2) is 0 Å². The van der Waals surface area contributed by atoms with Gasteiger partial charge in [0, 0.05) is 4.83 Å². The summed E-state index contributed by atoms with van der Waals surface area (Å²) in [5.41, 5.74) is 2.03. The lowest BCUT2D eigenvalue weighted by Gasteiger charge is -2.08. The Balaban J connectivity index is 2.14. The summed E-state index contributed by atoms with van der Waals surface area (Å²) in [6.45, 7) is 0. The molecule has 1 aromatic carbocycles. The molecule has 0 aliphatic heterocycles. The summed E-state index contributed by atoms with van der Waals surface area (Å²) < 4.78 is 14.1. The number of benzene rings is 1. The molecule has 2 aromatic rings. The standard InChI is InChI=1S/C12H8BrCl2FS/c13-10(9-6-11(14)17-12(9)15)5-7-1-3-8(16)4-2-7/h1-4,6,10H,5H2. The first-order valence-corrected chi connectivity index (χ1v) is 7.38. The molecule has 1 aromatic heterocycles. The highest BCUT2D eigenvalue weighted by atomic mass is 79.9. The SMILES string of the molecule is Fc1ccc(CC(Br)c2cc(Cl)sc2Cl)cc1. The summed E-state index contributed by atoms with van der Waals surface area (Å²) in [4.78, 5) is 0.0872. The second-order valence-electron chi connectivity index (χ2n) is 3.58. The molecule has 0 nitrogen and oxygen atoms in total. The van der Waals surface area contributed by atoms with Crippen molar-refractivity contribution in [2.75, 3.05) is 0 Å². The number of alkyl halides is 1. The molecule has 0 N–H and O–H groups in total. The van der Waals surface area contributed by atoms with Crippen LogP contribution >= 0.6 is 50.5 Å². The summed E-state index contributed by atoms with van der Waals surface area (Å²) >= 11 is 16.9. The summed E-state index contributed by atoms with van der Waals surface area (Å²) in [7, 11) is 0. The van der Waals surface area contributed by atoms with Gasteiger partial charge >= 0.3 is 0 Å². The number of thiophene rings is 1. The maximum absolute atomic E-state index is 12.8. The molecular weight excluding hydrogens is 346 g/mol. The summed E-state index contributed by atoms with van der Waals surface area (Å²) in [5, 5.41) is 0. The average molecular weight is 354 g/mol. The Kier molecular flexibility index (Phi) is 4.47. The van der Waals surface area contributed by atoms with E-state index in [1.165, 1.54) is 23.5 Å². The van der Waals surface area contributed by atoms with Crippen molar-refractivity contribution in [3.05, 3.63) is 55.9 Å². The highest BCUT2D eigenvalue weighted by Gasteiger charge is 2.15. The minimum absolute atomic E-state index is 0.0872. The fourth-order valence-corrected chi connectivity index (χ4v) is 4.10. The van der Waals surface area contributed by atoms with E-state index in [1.807, 2.05) is 6.07 Å². The molecule has 0 spiro atoms. The van der Waals surface area contributed by atoms with E-state index in [9.17, 15) is 4.39 Å². The first-order valence-electron chi connectivity index (χ1n) is 4.89. The summed E-state index contributed by atoms with van der Waals surface area (Å²) in [6, 6.07) is 8.31. The monoisotopic (exact) mass is 352 g/mol. The van der Waals surface area contributed by atoms with Crippen LogP contribution in [0.3, 0.4) is 0 Å². The molecule has 1 heterocycles. The van der Waals surface area contributed by atoms with Gasteiger partial charge in [0.25, 0.3) is 0 Å². The molecule has 0 radical (unpaired) electrons. The Morgan fingerprint density at radius 1 is 1.24 bits per heavy atom. The van der Waals surface area contributed by atoms with Crippen LogP contribution in [0, 0.1) is 5.82 Å². The molecule has 0 fully saturated rings. The predicted octanol–water partition coefficient (Wildman–Crippen LogP) is 5.87. The van der Waals surface area contributed by atoms with E-state index in [-0.39, 0.29) is 10.6 Å². The zero-order chi connectivity index (χ0) is 12.4. The molecule has 17 heavy (non-hydrogen) atoms. The second-order valence-corrected chi connectivity index (χ2v) is 6.97. The van der Waals surface area contributed by atoms with E-state index >= 15 is 0 Å². The van der Waals surface area contributed by atoms with Crippen LogP contribution in [-0.2, 0) is 6.42 Å². The lowest BCUT2D eigenvalue weighted by atomic mass is 10.1. The first kappa shape index (κ1) is 13.3. The number of hydrogen-bond donors (Lipinski definition) is 0. The summed E-state index contributed by atoms with van der Waals surface area (Å²) in [5.74, 6) is -0.225. The van der Waals surface area contributed by atoms with E-state index in [4.69, 9.17) is 23.2 Å². The highest BCUT2D eigenvalue weighted by molar-refractivity contribution is 9.09. The predicted molar refractivity (Wildman–Crippen MR) is 76.1 cm³/mol. The van der Waals surface area contributed by atoms with Crippen molar-refractivity contribution in [2.45, 2.75) is 11.2 Å². The third-order valence-electron chi connectivity index (χ3n) is 2.35. The van der Waals surface area contributed by atoms with Crippen LogP contribution in [0.2, 0.25) is 8.67 Å². The molecular formula is C12H8BrCl2FS. The third-order valence-corrected chi connectivity index (χ3v) is 4.68. The van der Waals surface area contributed by atoms with E-state index < -0.39 is 0 Å². The Bertz CT molecular complexity index is 510. The minimum atomic E-state index is -0.225. The molecule has 90 valence electrons. The first-order chi connectivity index (χ1) is 8.06. The van der Waals surface area contributed by atoms with Gasteiger partial charge in [0.2, 0.25) is 0 Å². The Labute approximate surface area is 121 Å². The van der Waals surface area contributed by atoms with Gasteiger partial charge in [-0.05, 0) is 35.7 Å². The zero-order valence-corrected chi connectivity index (χ0v) is 12.5. The van der Waals surface area contributed by atoms with Crippen molar-refractivity contribution in [2.24, 2.45) is 0 Å². The van der Waals surface area contributed by atoms with Crippen LogP contribution in [0.5, 0.6) is 0 Å². The van der Waals surface area contributed by atoms with Gasteiger partial charge in [-0.3, -0.25) is 0 Å². The van der Waals surface area contributed by atoms with Crippen LogP contribution < -0.4 is 0 Å². The molecule has 5 heteroatoms. The highest BCUT2D eigenvalue weighted by Crippen LogP contribution is 2.39. The quantitative estimate of drug-likeness (QED) is 0.605. The van der Waals surface area contributed by atoms with Gasteiger partial charge in [0.05, 0.1) is 8.67 Å². The topological polar surface area (TPSA) is 0 Å². The maximum Gasteiger partial charge on any atom is 0.123 e. The largest absolute Gasteiger partial charge is 0.207 e. The molecule has 0 saturated carbocycles. The molecule has 2 rings (SSSR count). The van der Waals surface area contributed by atoms with E-state index in [2.05, 4.69) is 15.9 Å². The number of halogens is 4. The second kappa shape index (κ2) is 5.70. The molecule has 0 saturated heterocycles. The number of rotatable bonds is 3. The molecule has 1 unspecified atom stereocenters. The van der Waals surface area contributed by atoms with Crippen molar-refractivity contribution in [1.82, 2.24) is 0 Å². The molecule has 1 atom stereocenters. The Morgan fingerprint density at radius 3 is 2.41 bits per heavy atom.